The molecule has 0 aliphatic rings. The molecule has 0 spiro atoms. The molecule has 2 aromatic rings. The van der Waals surface area contributed by atoms with E-state index in [0.717, 1.165) is 5.56 Å². The summed E-state index contributed by atoms with van der Waals surface area (Å²) >= 11 is 5.80. The number of likely N-dealkylation sites (N-methyl/N-ethyl adjacent to an activating group) is 1. The Labute approximate surface area is 116 Å². The van der Waals surface area contributed by atoms with Gasteiger partial charge in [-0.2, -0.15) is 0 Å². The van der Waals surface area contributed by atoms with Crippen LogP contribution in [0.25, 0.3) is 0 Å². The normalized spacial score (nSPS) is 12.4. The fourth-order valence-corrected chi connectivity index (χ4v) is 2.26. The SMILES string of the molecule is CNC(Cc1cccc(O)c1)c1cccc(Cl)c1F. The van der Waals surface area contributed by atoms with Crippen molar-refractivity contribution < 1.29 is 9.50 Å². The zero-order valence-corrected chi connectivity index (χ0v) is 11.3. The first-order chi connectivity index (χ1) is 9.11. The average molecular weight is 280 g/mol. The third kappa shape index (κ3) is 3.25. The molecule has 1 unspecified atom stereocenters. The number of phenols is 1. The molecule has 0 bridgehead atoms. The number of hydrogen-bond donors (Lipinski definition) is 2. The zero-order chi connectivity index (χ0) is 13.8. The van der Waals surface area contributed by atoms with Crippen LogP contribution in [-0.4, -0.2) is 12.2 Å². The Bertz CT molecular complexity index is 574. The third-order valence-electron chi connectivity index (χ3n) is 3.06. The fourth-order valence-electron chi connectivity index (χ4n) is 2.08. The Balaban J connectivity index is 2.28. The first-order valence-electron chi connectivity index (χ1n) is 6.01. The highest BCUT2D eigenvalue weighted by Gasteiger charge is 2.16. The van der Waals surface area contributed by atoms with Gasteiger partial charge in [-0.3, -0.25) is 0 Å². The van der Waals surface area contributed by atoms with Crippen LogP contribution in [0.3, 0.4) is 0 Å². The number of aromatic hydroxyl groups is 1. The zero-order valence-electron chi connectivity index (χ0n) is 10.5. The maximum atomic E-state index is 14.0. The van der Waals surface area contributed by atoms with Crippen LogP contribution in [0.4, 0.5) is 4.39 Å². The topological polar surface area (TPSA) is 32.3 Å². The summed E-state index contributed by atoms with van der Waals surface area (Å²) in [6, 6.07) is 11.7. The second-order valence-electron chi connectivity index (χ2n) is 4.36. The Hall–Kier alpha value is -1.58. The summed E-state index contributed by atoms with van der Waals surface area (Å²) in [6.07, 6.45) is 0.572. The van der Waals surface area contributed by atoms with Crippen LogP contribution < -0.4 is 5.32 Å². The van der Waals surface area contributed by atoms with Crippen molar-refractivity contribution in [2.45, 2.75) is 12.5 Å². The van der Waals surface area contributed by atoms with Crippen LogP contribution in [0.5, 0.6) is 5.75 Å². The highest BCUT2D eigenvalue weighted by atomic mass is 35.5. The minimum absolute atomic E-state index is 0.119. The summed E-state index contributed by atoms with van der Waals surface area (Å²) in [6.45, 7) is 0. The van der Waals surface area contributed by atoms with Crippen LogP contribution >= 0.6 is 11.6 Å². The average Bonchev–Trinajstić information content (AvgIpc) is 2.40. The highest BCUT2D eigenvalue weighted by molar-refractivity contribution is 6.30. The van der Waals surface area contributed by atoms with Crippen LogP contribution in [0.1, 0.15) is 17.2 Å². The lowest BCUT2D eigenvalue weighted by molar-refractivity contribution is 0.473. The van der Waals surface area contributed by atoms with E-state index in [9.17, 15) is 9.50 Å². The van der Waals surface area contributed by atoms with Crippen LogP contribution in [0.15, 0.2) is 42.5 Å². The monoisotopic (exact) mass is 279 g/mol. The van der Waals surface area contributed by atoms with Crippen molar-refractivity contribution in [3.05, 3.63) is 64.4 Å². The van der Waals surface area contributed by atoms with Gasteiger partial charge in [-0.05, 0) is 37.2 Å². The molecule has 2 N–H and O–H groups in total. The molecule has 2 aromatic carbocycles. The largest absolute Gasteiger partial charge is 0.508 e. The molecule has 0 saturated carbocycles. The number of nitrogens with one attached hydrogen (secondary N) is 1. The minimum atomic E-state index is -0.399. The van der Waals surface area contributed by atoms with Gasteiger partial charge >= 0.3 is 0 Å². The van der Waals surface area contributed by atoms with Gasteiger partial charge in [0.1, 0.15) is 11.6 Å². The Morgan fingerprint density at radius 1 is 1.26 bits per heavy atom. The van der Waals surface area contributed by atoms with Crippen molar-refractivity contribution in [2.24, 2.45) is 0 Å². The quantitative estimate of drug-likeness (QED) is 0.895. The van der Waals surface area contributed by atoms with Gasteiger partial charge < -0.3 is 10.4 Å². The van der Waals surface area contributed by atoms with Crippen molar-refractivity contribution in [3.8, 4) is 5.75 Å². The van der Waals surface area contributed by atoms with E-state index in [-0.39, 0.29) is 16.8 Å². The molecule has 4 heteroatoms. The number of rotatable bonds is 4. The Kier molecular flexibility index (Phi) is 4.40. The summed E-state index contributed by atoms with van der Waals surface area (Å²) in [4.78, 5) is 0. The highest BCUT2D eigenvalue weighted by Crippen LogP contribution is 2.26. The van der Waals surface area contributed by atoms with Crippen LogP contribution in [0, 0.1) is 5.82 Å². The number of halogens is 2. The molecule has 2 nitrogen and oxygen atoms in total. The van der Waals surface area contributed by atoms with Gasteiger partial charge in [0, 0.05) is 11.6 Å². The lowest BCUT2D eigenvalue weighted by Crippen LogP contribution is -2.20. The summed E-state index contributed by atoms with van der Waals surface area (Å²) in [5.74, 6) is -0.192. The number of hydrogen-bond acceptors (Lipinski definition) is 2. The molecule has 0 saturated heterocycles. The third-order valence-corrected chi connectivity index (χ3v) is 3.35. The summed E-state index contributed by atoms with van der Waals surface area (Å²) in [5, 5.41) is 12.6. The lowest BCUT2D eigenvalue weighted by atomic mass is 9.98. The fraction of sp³-hybridized carbons (Fsp3) is 0.200. The van der Waals surface area contributed by atoms with Crippen molar-refractivity contribution in [1.82, 2.24) is 5.32 Å². The summed E-state index contributed by atoms with van der Waals surface area (Å²) in [5.41, 5.74) is 1.46. The smallest absolute Gasteiger partial charge is 0.146 e. The molecular weight excluding hydrogens is 265 g/mol. The van der Waals surface area contributed by atoms with E-state index in [0.29, 0.717) is 12.0 Å². The summed E-state index contributed by atoms with van der Waals surface area (Å²) in [7, 11) is 1.77. The predicted octanol–water partition coefficient (Wildman–Crippen LogP) is 3.69. The maximum absolute atomic E-state index is 14.0. The molecule has 0 aliphatic carbocycles. The van der Waals surface area contributed by atoms with Gasteiger partial charge in [0.05, 0.1) is 5.02 Å². The van der Waals surface area contributed by atoms with E-state index in [1.54, 1.807) is 37.4 Å². The van der Waals surface area contributed by atoms with Gasteiger partial charge in [0.15, 0.2) is 0 Å². The Morgan fingerprint density at radius 3 is 2.68 bits per heavy atom. The first-order valence-corrected chi connectivity index (χ1v) is 6.38. The van der Waals surface area contributed by atoms with E-state index in [1.165, 1.54) is 6.07 Å². The van der Waals surface area contributed by atoms with Crippen LogP contribution in [-0.2, 0) is 6.42 Å². The van der Waals surface area contributed by atoms with Crippen molar-refractivity contribution >= 4 is 11.6 Å². The molecule has 0 radical (unpaired) electrons. The second kappa shape index (κ2) is 6.04. The standard InChI is InChI=1S/C15H15ClFNO/c1-18-14(9-10-4-2-5-11(19)8-10)12-6-3-7-13(16)15(12)17/h2-8,14,18-19H,9H2,1H3. The molecule has 100 valence electrons. The molecule has 0 aromatic heterocycles. The molecule has 0 aliphatic heterocycles. The van der Waals surface area contributed by atoms with E-state index < -0.39 is 5.82 Å². The second-order valence-corrected chi connectivity index (χ2v) is 4.77. The lowest BCUT2D eigenvalue weighted by Gasteiger charge is -2.18. The predicted molar refractivity (Wildman–Crippen MR) is 75.0 cm³/mol. The van der Waals surface area contributed by atoms with Crippen molar-refractivity contribution in [1.29, 1.82) is 0 Å². The van der Waals surface area contributed by atoms with Gasteiger partial charge in [-0.15, -0.1) is 0 Å². The first kappa shape index (κ1) is 13.8. The number of benzene rings is 2. The van der Waals surface area contributed by atoms with Gasteiger partial charge in [0.2, 0.25) is 0 Å². The molecule has 0 amide bonds. The van der Waals surface area contributed by atoms with Gasteiger partial charge in [0.25, 0.3) is 0 Å². The molecule has 2 rings (SSSR count). The van der Waals surface area contributed by atoms with Crippen molar-refractivity contribution in [3.63, 3.8) is 0 Å². The van der Waals surface area contributed by atoms with Gasteiger partial charge in [-0.25, -0.2) is 4.39 Å². The molecule has 0 heterocycles. The van der Waals surface area contributed by atoms with E-state index in [4.69, 9.17) is 11.6 Å². The van der Waals surface area contributed by atoms with Crippen molar-refractivity contribution in [2.75, 3.05) is 7.05 Å². The molecular formula is C15H15ClFNO. The number of phenolic OH excluding ortho intramolecular Hbond substituents is 1. The van der Waals surface area contributed by atoms with E-state index in [2.05, 4.69) is 5.32 Å². The minimum Gasteiger partial charge on any atom is -0.508 e. The molecule has 19 heavy (non-hydrogen) atoms. The molecule has 1 atom stereocenters. The van der Waals surface area contributed by atoms with Gasteiger partial charge in [-0.1, -0.05) is 35.9 Å². The van der Waals surface area contributed by atoms with Crippen LogP contribution in [0.2, 0.25) is 5.02 Å². The Morgan fingerprint density at radius 2 is 2.00 bits per heavy atom. The molecule has 0 fully saturated rings. The maximum Gasteiger partial charge on any atom is 0.146 e. The van der Waals surface area contributed by atoms with E-state index in [1.807, 2.05) is 6.07 Å². The van der Waals surface area contributed by atoms with E-state index >= 15 is 0 Å². The summed E-state index contributed by atoms with van der Waals surface area (Å²) < 4.78 is 14.0.